The van der Waals surface area contributed by atoms with Crippen molar-refractivity contribution < 1.29 is 29.3 Å². The zero-order valence-electron chi connectivity index (χ0n) is 12.3. The topological polar surface area (TPSA) is 105 Å². The maximum absolute atomic E-state index is 11.4. The average molecular weight is 304 g/mol. The van der Waals surface area contributed by atoms with E-state index in [2.05, 4.69) is 0 Å². The Balaban J connectivity index is 2.04. The Hall–Kier alpha value is -1.92. The number of benzene rings is 1. The number of carboxylic acid groups (broad SMARTS) is 2. The SMILES string of the molecule is CC1OC1Cc1c(C(=O)[O-])ccc(C(=O)[O-])c1CC1OC1C. The predicted octanol–water partition coefficient (Wildman–Crippen LogP) is -0.927. The third-order valence-electron chi connectivity index (χ3n) is 4.35. The lowest BCUT2D eigenvalue weighted by molar-refractivity contribution is -0.256. The number of carboxylic acids is 2. The summed E-state index contributed by atoms with van der Waals surface area (Å²) in [7, 11) is 0. The molecule has 2 aliphatic heterocycles. The van der Waals surface area contributed by atoms with E-state index in [-0.39, 0.29) is 35.5 Å². The maximum atomic E-state index is 11.4. The van der Waals surface area contributed by atoms with Crippen molar-refractivity contribution in [3.05, 3.63) is 34.4 Å². The molecule has 3 rings (SSSR count). The molecule has 0 amide bonds. The van der Waals surface area contributed by atoms with Gasteiger partial charge in [-0.25, -0.2) is 0 Å². The molecule has 6 nitrogen and oxygen atoms in total. The smallest absolute Gasteiger partial charge is 0.0879 e. The van der Waals surface area contributed by atoms with E-state index in [9.17, 15) is 19.8 Å². The first-order valence-electron chi connectivity index (χ1n) is 7.26. The van der Waals surface area contributed by atoms with Crippen molar-refractivity contribution >= 4 is 11.9 Å². The fourth-order valence-electron chi connectivity index (χ4n) is 2.83. The van der Waals surface area contributed by atoms with E-state index in [4.69, 9.17) is 9.47 Å². The molecule has 0 aromatic heterocycles. The van der Waals surface area contributed by atoms with Gasteiger partial charge in [0, 0.05) is 24.0 Å². The summed E-state index contributed by atoms with van der Waals surface area (Å²) in [6, 6.07) is 2.53. The zero-order chi connectivity index (χ0) is 16.0. The van der Waals surface area contributed by atoms with Crippen LogP contribution in [0.5, 0.6) is 0 Å². The van der Waals surface area contributed by atoms with Crippen molar-refractivity contribution in [1.29, 1.82) is 0 Å². The highest BCUT2D eigenvalue weighted by Gasteiger charge is 2.38. The van der Waals surface area contributed by atoms with Crippen molar-refractivity contribution in [2.75, 3.05) is 0 Å². The molecule has 0 bridgehead atoms. The standard InChI is InChI=1S/C16H18O6/c1-7-13(21-7)5-11-9(15(17)18)3-4-10(16(19)20)12(11)6-14-8(2)22-14/h3-4,7-8,13-14H,5-6H2,1-2H3,(H,17,18)(H,19,20)/p-2. The van der Waals surface area contributed by atoms with Crippen LogP contribution in [0, 0.1) is 0 Å². The Morgan fingerprint density at radius 3 is 1.45 bits per heavy atom. The minimum absolute atomic E-state index is 0.0102. The molecule has 4 unspecified atom stereocenters. The zero-order valence-corrected chi connectivity index (χ0v) is 12.3. The van der Waals surface area contributed by atoms with Gasteiger partial charge in [-0.3, -0.25) is 0 Å². The van der Waals surface area contributed by atoms with Crippen LogP contribution < -0.4 is 10.2 Å². The minimum atomic E-state index is -1.32. The van der Waals surface area contributed by atoms with Crippen LogP contribution >= 0.6 is 0 Å². The first kappa shape index (κ1) is 15.0. The first-order valence-corrected chi connectivity index (χ1v) is 7.26. The van der Waals surface area contributed by atoms with E-state index in [1.165, 1.54) is 12.1 Å². The van der Waals surface area contributed by atoms with E-state index in [0.29, 0.717) is 24.0 Å². The summed E-state index contributed by atoms with van der Waals surface area (Å²) in [6.07, 6.45) is 0.609. The molecule has 2 saturated heterocycles. The van der Waals surface area contributed by atoms with Crippen molar-refractivity contribution in [1.82, 2.24) is 0 Å². The van der Waals surface area contributed by atoms with Gasteiger partial charge in [0.25, 0.3) is 0 Å². The summed E-state index contributed by atoms with van der Waals surface area (Å²) in [4.78, 5) is 22.7. The average Bonchev–Trinajstić information content (AvgIpc) is 3.31. The van der Waals surface area contributed by atoms with Gasteiger partial charge in [-0.05, 0) is 25.0 Å². The van der Waals surface area contributed by atoms with Crippen LogP contribution in [0.15, 0.2) is 12.1 Å². The molecule has 1 aromatic rings. The fourth-order valence-corrected chi connectivity index (χ4v) is 2.83. The van der Waals surface area contributed by atoms with Crippen molar-refractivity contribution in [2.45, 2.75) is 51.1 Å². The van der Waals surface area contributed by atoms with Gasteiger partial charge < -0.3 is 29.3 Å². The van der Waals surface area contributed by atoms with E-state index < -0.39 is 11.9 Å². The largest absolute Gasteiger partial charge is 0.545 e. The lowest BCUT2D eigenvalue weighted by Crippen LogP contribution is -2.29. The van der Waals surface area contributed by atoms with Gasteiger partial charge in [-0.1, -0.05) is 12.1 Å². The van der Waals surface area contributed by atoms with Crippen LogP contribution in [0.3, 0.4) is 0 Å². The lowest BCUT2D eigenvalue weighted by atomic mass is 9.89. The first-order chi connectivity index (χ1) is 10.4. The second kappa shape index (κ2) is 5.37. The molecule has 0 spiro atoms. The number of carbonyl (C=O) groups excluding carboxylic acids is 2. The molecule has 0 N–H and O–H groups in total. The molecule has 22 heavy (non-hydrogen) atoms. The number of rotatable bonds is 6. The number of carbonyl (C=O) groups is 2. The van der Waals surface area contributed by atoms with Gasteiger partial charge >= 0.3 is 0 Å². The van der Waals surface area contributed by atoms with E-state index in [0.717, 1.165) is 0 Å². The van der Waals surface area contributed by atoms with Gasteiger partial charge in [0.05, 0.1) is 36.4 Å². The van der Waals surface area contributed by atoms with Crippen molar-refractivity contribution in [2.24, 2.45) is 0 Å². The Bertz CT molecular complexity index is 583. The molecule has 1 aromatic carbocycles. The van der Waals surface area contributed by atoms with Gasteiger partial charge in [0.15, 0.2) is 0 Å². The van der Waals surface area contributed by atoms with E-state index in [1.54, 1.807) is 0 Å². The van der Waals surface area contributed by atoms with E-state index in [1.807, 2.05) is 13.8 Å². The predicted molar refractivity (Wildman–Crippen MR) is 71.2 cm³/mol. The molecule has 2 aliphatic rings. The maximum Gasteiger partial charge on any atom is 0.0879 e. The molecule has 0 saturated carbocycles. The third-order valence-corrected chi connectivity index (χ3v) is 4.35. The third kappa shape index (κ3) is 2.84. The van der Waals surface area contributed by atoms with Crippen LogP contribution in [0.4, 0.5) is 0 Å². The quantitative estimate of drug-likeness (QED) is 0.629. The van der Waals surface area contributed by atoms with Crippen LogP contribution in [-0.4, -0.2) is 36.4 Å². The number of hydrogen-bond acceptors (Lipinski definition) is 6. The van der Waals surface area contributed by atoms with Crippen LogP contribution in [0.1, 0.15) is 45.7 Å². The molecular weight excluding hydrogens is 288 g/mol. The van der Waals surface area contributed by atoms with Gasteiger partial charge in [-0.2, -0.15) is 0 Å². The molecule has 4 atom stereocenters. The normalized spacial score (nSPS) is 29.2. The Labute approximate surface area is 127 Å². The Morgan fingerprint density at radius 2 is 1.23 bits per heavy atom. The Kier molecular flexibility index (Phi) is 3.66. The van der Waals surface area contributed by atoms with Gasteiger partial charge in [-0.15, -0.1) is 0 Å². The second-order valence-corrected chi connectivity index (χ2v) is 5.86. The highest BCUT2D eigenvalue weighted by Crippen LogP contribution is 2.33. The van der Waals surface area contributed by atoms with Crippen LogP contribution in [-0.2, 0) is 22.3 Å². The minimum Gasteiger partial charge on any atom is -0.545 e. The summed E-state index contributed by atoms with van der Waals surface area (Å²) in [6.45, 7) is 3.77. The number of ether oxygens (including phenoxy) is 2. The molecule has 6 heteroatoms. The lowest BCUT2D eigenvalue weighted by Gasteiger charge is -2.19. The monoisotopic (exact) mass is 304 g/mol. The molecule has 0 radical (unpaired) electrons. The van der Waals surface area contributed by atoms with Crippen LogP contribution in [0.25, 0.3) is 0 Å². The van der Waals surface area contributed by atoms with E-state index >= 15 is 0 Å². The number of epoxide rings is 2. The van der Waals surface area contributed by atoms with Gasteiger partial charge in [0.2, 0.25) is 0 Å². The number of aromatic carboxylic acids is 2. The molecule has 2 heterocycles. The molecular formula is C16H16O6-2. The number of hydrogen-bond donors (Lipinski definition) is 0. The second-order valence-electron chi connectivity index (χ2n) is 5.86. The highest BCUT2D eigenvalue weighted by molar-refractivity contribution is 5.93. The molecule has 118 valence electrons. The van der Waals surface area contributed by atoms with Gasteiger partial charge in [0.1, 0.15) is 0 Å². The fraction of sp³-hybridized carbons (Fsp3) is 0.500. The summed E-state index contributed by atoms with van der Waals surface area (Å²) in [5.41, 5.74) is 0.935. The summed E-state index contributed by atoms with van der Waals surface area (Å²) < 4.78 is 10.7. The summed E-state index contributed by atoms with van der Waals surface area (Å²) in [5, 5.41) is 22.7. The van der Waals surface area contributed by atoms with Crippen molar-refractivity contribution in [3.8, 4) is 0 Å². The summed E-state index contributed by atoms with van der Waals surface area (Å²) in [5.74, 6) is -2.64. The molecule has 2 fully saturated rings. The Morgan fingerprint density at radius 1 is 0.909 bits per heavy atom. The highest BCUT2D eigenvalue weighted by atomic mass is 16.6. The molecule has 0 aliphatic carbocycles. The van der Waals surface area contributed by atoms with Crippen LogP contribution in [0.2, 0.25) is 0 Å². The van der Waals surface area contributed by atoms with Crippen molar-refractivity contribution in [3.63, 3.8) is 0 Å². The summed E-state index contributed by atoms with van der Waals surface area (Å²) >= 11 is 0.